The van der Waals surface area contributed by atoms with Crippen molar-refractivity contribution < 1.29 is 8.42 Å². The zero-order chi connectivity index (χ0) is 16.9. The summed E-state index contributed by atoms with van der Waals surface area (Å²) in [5, 5.41) is 4.31. The van der Waals surface area contributed by atoms with Gasteiger partial charge in [-0.3, -0.25) is 5.43 Å². The van der Waals surface area contributed by atoms with E-state index in [2.05, 4.69) is 24.4 Å². The van der Waals surface area contributed by atoms with Crippen LogP contribution in [0.4, 0.5) is 5.69 Å². The third kappa shape index (κ3) is 4.20. The van der Waals surface area contributed by atoms with Gasteiger partial charge < -0.3 is 0 Å². The predicted molar refractivity (Wildman–Crippen MR) is 94.7 cm³/mol. The van der Waals surface area contributed by atoms with Crippen molar-refractivity contribution in [3.63, 3.8) is 0 Å². The Hall–Kier alpha value is -2.14. The molecule has 4 nitrogen and oxygen atoms in total. The molecule has 0 aliphatic rings. The van der Waals surface area contributed by atoms with Crippen molar-refractivity contribution in [2.24, 2.45) is 5.10 Å². The first-order valence-electron chi connectivity index (χ1n) is 7.70. The van der Waals surface area contributed by atoms with Gasteiger partial charge in [-0.25, -0.2) is 8.42 Å². The van der Waals surface area contributed by atoms with Gasteiger partial charge in [0, 0.05) is 5.71 Å². The molecule has 2 rings (SSSR count). The summed E-state index contributed by atoms with van der Waals surface area (Å²) in [6.07, 6.45) is 1.78. The van der Waals surface area contributed by atoms with Gasteiger partial charge in [-0.15, -0.1) is 0 Å². The summed E-state index contributed by atoms with van der Waals surface area (Å²) >= 11 is 0. The zero-order valence-electron chi connectivity index (χ0n) is 13.7. The molecule has 0 fully saturated rings. The Bertz CT molecular complexity index is 771. The minimum absolute atomic E-state index is 0.280. The molecule has 2 aromatic carbocycles. The van der Waals surface area contributed by atoms with E-state index in [1.54, 1.807) is 48.5 Å². The number of nitrogens with one attached hydrogen (secondary N) is 1. The van der Waals surface area contributed by atoms with Gasteiger partial charge in [0.25, 0.3) is 0 Å². The normalized spacial score (nSPS) is 11.1. The largest absolute Gasteiger partial charge is 0.279 e. The van der Waals surface area contributed by atoms with Crippen molar-refractivity contribution in [2.75, 3.05) is 5.43 Å². The van der Waals surface area contributed by atoms with E-state index in [4.69, 9.17) is 0 Å². The molecular weight excluding hydrogens is 308 g/mol. The number of hydrogen-bond donors (Lipinski definition) is 1. The lowest BCUT2D eigenvalue weighted by molar-refractivity contribution is 0.596. The van der Waals surface area contributed by atoms with E-state index in [-0.39, 0.29) is 4.90 Å². The van der Waals surface area contributed by atoms with Crippen LogP contribution in [0.25, 0.3) is 0 Å². The number of anilines is 1. The van der Waals surface area contributed by atoms with E-state index in [0.29, 0.717) is 4.90 Å². The van der Waals surface area contributed by atoms with Crippen LogP contribution in [-0.4, -0.2) is 14.1 Å². The smallest absolute Gasteiger partial charge is 0.206 e. The second-order valence-electron chi connectivity index (χ2n) is 5.34. The van der Waals surface area contributed by atoms with Gasteiger partial charge in [0.15, 0.2) is 0 Å². The lowest BCUT2D eigenvalue weighted by Crippen LogP contribution is -2.03. The van der Waals surface area contributed by atoms with Crippen LogP contribution >= 0.6 is 0 Å². The lowest BCUT2D eigenvalue weighted by atomic mass is 10.2. The number of sulfone groups is 1. The maximum absolute atomic E-state index is 12.6. The monoisotopic (exact) mass is 330 g/mol. The maximum Gasteiger partial charge on any atom is 0.206 e. The van der Waals surface area contributed by atoms with Gasteiger partial charge in [-0.2, -0.15) is 5.10 Å². The average Bonchev–Trinajstić information content (AvgIpc) is 2.56. The Morgan fingerprint density at radius 3 is 1.87 bits per heavy atom. The van der Waals surface area contributed by atoms with Crippen molar-refractivity contribution in [1.82, 2.24) is 0 Å². The highest BCUT2D eigenvalue weighted by molar-refractivity contribution is 7.91. The Kier molecular flexibility index (Phi) is 5.55. The zero-order valence-corrected chi connectivity index (χ0v) is 14.5. The number of hydrazone groups is 1. The number of benzene rings is 2. The van der Waals surface area contributed by atoms with Gasteiger partial charge in [0.1, 0.15) is 0 Å². The highest BCUT2D eigenvalue weighted by atomic mass is 32.2. The molecule has 0 radical (unpaired) electrons. The first-order chi connectivity index (χ1) is 11.0. The van der Waals surface area contributed by atoms with Crippen LogP contribution in [0.15, 0.2) is 63.4 Å². The summed E-state index contributed by atoms with van der Waals surface area (Å²) in [4.78, 5) is 0.586. The van der Waals surface area contributed by atoms with E-state index in [0.717, 1.165) is 29.8 Å². The summed E-state index contributed by atoms with van der Waals surface area (Å²) < 4.78 is 25.1. The van der Waals surface area contributed by atoms with E-state index in [1.807, 2.05) is 6.92 Å². The quantitative estimate of drug-likeness (QED) is 0.630. The molecular formula is C18H22N2O2S. The summed E-state index contributed by atoms with van der Waals surface area (Å²) in [6, 6.07) is 13.5. The SMILES string of the molecule is CCC(CC)=NNc1ccc(S(=O)(=O)c2ccc(C)cc2)cc1. The summed E-state index contributed by atoms with van der Waals surface area (Å²) in [5.74, 6) is 0. The Morgan fingerprint density at radius 1 is 0.913 bits per heavy atom. The second-order valence-corrected chi connectivity index (χ2v) is 7.29. The molecule has 1 N–H and O–H groups in total. The molecule has 23 heavy (non-hydrogen) atoms. The Balaban J connectivity index is 2.22. The van der Waals surface area contributed by atoms with Gasteiger partial charge in [0.05, 0.1) is 15.5 Å². The number of hydrogen-bond acceptors (Lipinski definition) is 4. The number of nitrogens with zero attached hydrogens (tertiary/aromatic N) is 1. The van der Waals surface area contributed by atoms with Gasteiger partial charge >= 0.3 is 0 Å². The third-order valence-electron chi connectivity index (χ3n) is 3.66. The van der Waals surface area contributed by atoms with Crippen LogP contribution in [0.2, 0.25) is 0 Å². The molecule has 2 aromatic rings. The van der Waals surface area contributed by atoms with Gasteiger partial charge in [-0.1, -0.05) is 31.5 Å². The third-order valence-corrected chi connectivity index (χ3v) is 5.44. The summed E-state index contributed by atoms with van der Waals surface area (Å²) in [5.41, 5.74) is 5.84. The minimum atomic E-state index is -3.48. The van der Waals surface area contributed by atoms with Crippen LogP contribution in [-0.2, 0) is 9.84 Å². The van der Waals surface area contributed by atoms with E-state index in [1.165, 1.54) is 0 Å². The molecule has 0 saturated carbocycles. The van der Waals surface area contributed by atoms with E-state index in [9.17, 15) is 8.42 Å². The first-order valence-corrected chi connectivity index (χ1v) is 9.19. The van der Waals surface area contributed by atoms with Crippen molar-refractivity contribution in [3.8, 4) is 0 Å². The summed E-state index contributed by atoms with van der Waals surface area (Å²) in [6.45, 7) is 6.04. The molecule has 0 bridgehead atoms. The fraction of sp³-hybridized carbons (Fsp3) is 0.278. The standard InChI is InChI=1S/C18H22N2O2S/c1-4-15(5-2)19-20-16-8-12-18(13-9-16)23(21,22)17-10-6-14(3)7-11-17/h6-13,20H,4-5H2,1-3H3. The van der Waals surface area contributed by atoms with E-state index < -0.39 is 9.84 Å². The predicted octanol–water partition coefficient (Wildman–Crippen LogP) is 4.42. The van der Waals surface area contributed by atoms with Gasteiger partial charge in [-0.05, 0) is 56.2 Å². The van der Waals surface area contributed by atoms with Crippen LogP contribution in [0.1, 0.15) is 32.3 Å². The molecule has 0 aliphatic carbocycles. The number of aryl methyl sites for hydroxylation is 1. The molecule has 0 aromatic heterocycles. The molecule has 0 atom stereocenters. The Labute approximate surface area is 138 Å². The topological polar surface area (TPSA) is 58.5 Å². The summed E-state index contributed by atoms with van der Waals surface area (Å²) in [7, 11) is -3.48. The van der Waals surface area contributed by atoms with Crippen LogP contribution in [0, 0.1) is 6.92 Å². The first kappa shape index (κ1) is 17.2. The Morgan fingerprint density at radius 2 is 1.39 bits per heavy atom. The fourth-order valence-electron chi connectivity index (χ4n) is 2.11. The molecule has 0 unspecified atom stereocenters. The highest BCUT2D eigenvalue weighted by Gasteiger charge is 2.17. The van der Waals surface area contributed by atoms with Crippen molar-refractivity contribution in [2.45, 2.75) is 43.4 Å². The van der Waals surface area contributed by atoms with Crippen LogP contribution in [0.3, 0.4) is 0 Å². The van der Waals surface area contributed by atoms with Crippen molar-refractivity contribution in [1.29, 1.82) is 0 Å². The lowest BCUT2D eigenvalue weighted by Gasteiger charge is -2.07. The highest BCUT2D eigenvalue weighted by Crippen LogP contribution is 2.22. The van der Waals surface area contributed by atoms with E-state index >= 15 is 0 Å². The van der Waals surface area contributed by atoms with Crippen molar-refractivity contribution >= 4 is 21.2 Å². The van der Waals surface area contributed by atoms with Crippen LogP contribution in [0.5, 0.6) is 0 Å². The molecule has 0 spiro atoms. The molecule has 122 valence electrons. The fourth-order valence-corrected chi connectivity index (χ4v) is 3.37. The molecule has 0 heterocycles. The second kappa shape index (κ2) is 7.42. The molecule has 0 saturated heterocycles. The van der Waals surface area contributed by atoms with Gasteiger partial charge in [0.2, 0.25) is 9.84 Å². The number of rotatable bonds is 6. The average molecular weight is 330 g/mol. The molecule has 5 heteroatoms. The van der Waals surface area contributed by atoms with Crippen molar-refractivity contribution in [3.05, 3.63) is 54.1 Å². The minimum Gasteiger partial charge on any atom is -0.279 e. The maximum atomic E-state index is 12.6. The van der Waals surface area contributed by atoms with Crippen LogP contribution < -0.4 is 5.43 Å². The molecule has 0 aliphatic heterocycles. The molecule has 0 amide bonds.